The minimum Gasteiger partial charge on any atom is -0.363 e. The van der Waals surface area contributed by atoms with Crippen LogP contribution < -0.4 is 10.2 Å². The van der Waals surface area contributed by atoms with E-state index in [2.05, 4.69) is 40.4 Å². The van der Waals surface area contributed by atoms with Gasteiger partial charge in [-0.15, -0.1) is 0 Å². The Kier molecular flexibility index (Phi) is 5.53. The molecule has 0 bridgehead atoms. The topological polar surface area (TPSA) is 94.2 Å². The fraction of sp³-hybridized carbons (Fsp3) is 0.280. The third-order valence-corrected chi connectivity index (χ3v) is 7.53. The van der Waals surface area contributed by atoms with E-state index in [-0.39, 0.29) is 0 Å². The summed E-state index contributed by atoms with van der Waals surface area (Å²) in [4.78, 5) is 14.7. The van der Waals surface area contributed by atoms with Crippen LogP contribution in [0.15, 0.2) is 48.7 Å². The zero-order chi connectivity index (χ0) is 24.0. The van der Waals surface area contributed by atoms with Crippen LogP contribution in [-0.2, 0) is 23.0 Å². The molecule has 0 aliphatic carbocycles. The van der Waals surface area contributed by atoms with Crippen molar-refractivity contribution in [3.8, 4) is 11.4 Å². The molecule has 0 saturated carbocycles. The van der Waals surface area contributed by atoms with Crippen LogP contribution in [0.2, 0.25) is 0 Å². The largest absolute Gasteiger partial charge is 0.363 e. The number of hydrogen-bond donors (Lipinski definition) is 2. The maximum Gasteiger partial charge on any atom is 0.211 e. The molecule has 176 valence electrons. The molecule has 0 amide bonds. The molecule has 9 heteroatoms. The first-order valence-corrected chi connectivity index (χ1v) is 13.0. The number of benzene rings is 2. The second-order valence-corrected chi connectivity index (χ2v) is 11.0. The summed E-state index contributed by atoms with van der Waals surface area (Å²) < 4.78 is 25.5. The minimum atomic E-state index is -3.20. The molecule has 0 atom stereocenters. The Balaban J connectivity index is 1.46. The Hall–Kier alpha value is -3.43. The van der Waals surface area contributed by atoms with E-state index in [1.165, 1.54) is 10.6 Å². The first-order chi connectivity index (χ1) is 16.2. The van der Waals surface area contributed by atoms with Gasteiger partial charge in [0, 0.05) is 50.2 Å². The second kappa shape index (κ2) is 8.41. The van der Waals surface area contributed by atoms with Crippen LogP contribution in [0, 0.1) is 6.92 Å². The predicted molar refractivity (Wildman–Crippen MR) is 137 cm³/mol. The zero-order valence-corrected chi connectivity index (χ0v) is 20.6. The molecule has 0 spiro atoms. The fourth-order valence-corrected chi connectivity index (χ4v) is 5.16. The molecule has 5 rings (SSSR count). The highest BCUT2D eigenvalue weighted by Gasteiger charge is 2.24. The number of aryl methyl sites for hydroxylation is 1. The summed E-state index contributed by atoms with van der Waals surface area (Å²) in [6, 6.07) is 14.2. The molecule has 1 aliphatic rings. The summed E-state index contributed by atoms with van der Waals surface area (Å²) in [5.41, 5.74) is 8.05. The summed E-state index contributed by atoms with van der Waals surface area (Å²) in [7, 11) is 0.716. The van der Waals surface area contributed by atoms with Gasteiger partial charge in [0.05, 0.1) is 23.5 Å². The Bertz CT molecular complexity index is 1490. The number of aromatic amines is 1. The molecule has 0 fully saturated rings. The molecular weight excluding hydrogens is 448 g/mol. The highest BCUT2D eigenvalue weighted by molar-refractivity contribution is 7.88. The van der Waals surface area contributed by atoms with E-state index in [0.717, 1.165) is 56.3 Å². The number of sulfonamides is 1. The van der Waals surface area contributed by atoms with E-state index in [1.807, 2.05) is 49.5 Å². The van der Waals surface area contributed by atoms with E-state index in [1.54, 1.807) is 0 Å². The van der Waals surface area contributed by atoms with Crippen molar-refractivity contribution in [3.05, 3.63) is 65.4 Å². The Morgan fingerprint density at radius 1 is 1.15 bits per heavy atom. The number of nitrogens with zero attached hydrogens (tertiary/aromatic N) is 4. The van der Waals surface area contributed by atoms with Gasteiger partial charge in [-0.1, -0.05) is 18.2 Å². The number of imidazole rings is 1. The summed E-state index contributed by atoms with van der Waals surface area (Å²) in [5.74, 6) is 1.66. The maximum atomic E-state index is 12.0. The van der Waals surface area contributed by atoms with Gasteiger partial charge in [-0.25, -0.2) is 18.4 Å². The van der Waals surface area contributed by atoms with Crippen LogP contribution in [0.5, 0.6) is 0 Å². The van der Waals surface area contributed by atoms with Gasteiger partial charge in [-0.3, -0.25) is 0 Å². The van der Waals surface area contributed by atoms with Crippen LogP contribution >= 0.6 is 0 Å². The predicted octanol–water partition coefficient (Wildman–Crippen LogP) is 4.06. The molecule has 2 aromatic heterocycles. The molecule has 3 heterocycles. The van der Waals surface area contributed by atoms with Crippen LogP contribution in [0.25, 0.3) is 22.4 Å². The first kappa shape index (κ1) is 22.4. The lowest BCUT2D eigenvalue weighted by molar-refractivity contribution is 0.395. The van der Waals surface area contributed by atoms with Gasteiger partial charge < -0.3 is 15.2 Å². The zero-order valence-electron chi connectivity index (χ0n) is 19.8. The van der Waals surface area contributed by atoms with Crippen molar-refractivity contribution in [3.63, 3.8) is 0 Å². The van der Waals surface area contributed by atoms with Crippen molar-refractivity contribution >= 4 is 38.2 Å². The van der Waals surface area contributed by atoms with Gasteiger partial charge in [0.1, 0.15) is 11.6 Å². The van der Waals surface area contributed by atoms with E-state index in [0.29, 0.717) is 19.5 Å². The molecule has 0 radical (unpaired) electrons. The number of rotatable bonds is 5. The highest BCUT2D eigenvalue weighted by atomic mass is 32.2. The van der Waals surface area contributed by atoms with E-state index < -0.39 is 10.0 Å². The monoisotopic (exact) mass is 476 g/mol. The summed E-state index contributed by atoms with van der Waals surface area (Å²) in [6.45, 7) is 2.97. The molecule has 1 aliphatic heterocycles. The number of H-pyrrole nitrogens is 1. The lowest BCUT2D eigenvalue weighted by atomic mass is 9.98. The third kappa shape index (κ3) is 4.24. The van der Waals surface area contributed by atoms with E-state index >= 15 is 0 Å². The number of anilines is 3. The standard InChI is InChI=1S/C25H28N6O2S/c1-16-8-9-18(12-20(16)25-28-22-13-24(30(2)3)26-14-23(22)29-25)27-21-7-5-6-17-15-31(34(4,32)33)11-10-19(17)21/h5-9,12-14,27H,10-11,15H2,1-4H3,(H,28,29). The van der Waals surface area contributed by atoms with Gasteiger partial charge in [0.2, 0.25) is 10.0 Å². The molecule has 4 aromatic rings. The number of pyridine rings is 1. The first-order valence-electron chi connectivity index (χ1n) is 11.2. The van der Waals surface area contributed by atoms with Crippen molar-refractivity contribution in [2.45, 2.75) is 19.9 Å². The van der Waals surface area contributed by atoms with E-state index in [9.17, 15) is 8.42 Å². The van der Waals surface area contributed by atoms with Crippen molar-refractivity contribution in [1.82, 2.24) is 19.3 Å². The Labute approximate surface area is 199 Å². The molecule has 2 aromatic carbocycles. The minimum absolute atomic E-state index is 0.408. The Morgan fingerprint density at radius 3 is 2.74 bits per heavy atom. The van der Waals surface area contributed by atoms with Gasteiger partial charge in [0.25, 0.3) is 0 Å². The number of fused-ring (bicyclic) bond motifs is 2. The molecule has 0 saturated heterocycles. The van der Waals surface area contributed by atoms with Gasteiger partial charge >= 0.3 is 0 Å². The average molecular weight is 477 g/mol. The second-order valence-electron chi connectivity index (χ2n) is 8.98. The maximum absolute atomic E-state index is 12.0. The third-order valence-electron chi connectivity index (χ3n) is 6.28. The highest BCUT2D eigenvalue weighted by Crippen LogP contribution is 2.32. The van der Waals surface area contributed by atoms with Crippen LogP contribution in [-0.4, -0.2) is 54.6 Å². The smallest absolute Gasteiger partial charge is 0.211 e. The van der Waals surface area contributed by atoms with Gasteiger partial charge in [0.15, 0.2) is 0 Å². The summed E-state index contributed by atoms with van der Waals surface area (Å²) >= 11 is 0. The van der Waals surface area contributed by atoms with Crippen molar-refractivity contribution in [1.29, 1.82) is 0 Å². The SMILES string of the molecule is Cc1ccc(Nc2cccc3c2CCN(S(C)(=O)=O)C3)cc1-c1nc2cc(N(C)C)ncc2[nH]1. The molecule has 2 N–H and O–H groups in total. The lowest BCUT2D eigenvalue weighted by Gasteiger charge is -2.28. The van der Waals surface area contributed by atoms with Crippen LogP contribution in [0.3, 0.4) is 0 Å². The number of hydrogen-bond acceptors (Lipinski definition) is 6. The van der Waals surface area contributed by atoms with Crippen LogP contribution in [0.4, 0.5) is 17.2 Å². The fourth-order valence-electron chi connectivity index (χ4n) is 4.37. The molecule has 34 heavy (non-hydrogen) atoms. The summed E-state index contributed by atoms with van der Waals surface area (Å²) in [6.07, 6.45) is 3.76. The average Bonchev–Trinajstić information content (AvgIpc) is 3.22. The van der Waals surface area contributed by atoms with Crippen molar-refractivity contribution < 1.29 is 8.42 Å². The van der Waals surface area contributed by atoms with Gasteiger partial charge in [-0.05, 0) is 48.2 Å². The molecule has 0 unspecified atom stereocenters. The van der Waals surface area contributed by atoms with E-state index in [4.69, 9.17) is 4.98 Å². The van der Waals surface area contributed by atoms with Crippen molar-refractivity contribution in [2.75, 3.05) is 37.1 Å². The quantitative estimate of drug-likeness (QED) is 0.451. The van der Waals surface area contributed by atoms with Gasteiger partial charge in [-0.2, -0.15) is 4.31 Å². The Morgan fingerprint density at radius 2 is 1.97 bits per heavy atom. The normalized spacial score (nSPS) is 14.2. The van der Waals surface area contributed by atoms with Crippen molar-refractivity contribution in [2.24, 2.45) is 0 Å². The number of aromatic nitrogens is 3. The van der Waals surface area contributed by atoms with Crippen LogP contribution in [0.1, 0.15) is 16.7 Å². The summed E-state index contributed by atoms with van der Waals surface area (Å²) in [5, 5.41) is 3.55. The number of nitrogens with one attached hydrogen (secondary N) is 2. The lowest BCUT2D eigenvalue weighted by Crippen LogP contribution is -2.35. The molecule has 8 nitrogen and oxygen atoms in total. The molecular formula is C25H28N6O2S.